The fourth-order valence-corrected chi connectivity index (χ4v) is 1.97. The molecule has 0 heterocycles. The predicted octanol–water partition coefficient (Wildman–Crippen LogP) is 2.49. The summed E-state index contributed by atoms with van der Waals surface area (Å²) in [7, 11) is 0. The van der Waals surface area contributed by atoms with Crippen LogP contribution in [-0.4, -0.2) is 5.97 Å². The maximum Gasteiger partial charge on any atom is 0.390 e. The largest absolute Gasteiger partial charge is 0.390 e. The first-order chi connectivity index (χ1) is 9.81. The second-order valence-corrected chi connectivity index (χ2v) is 4.33. The van der Waals surface area contributed by atoms with Crippen molar-refractivity contribution in [1.82, 2.24) is 0 Å². The third-order valence-corrected chi connectivity index (χ3v) is 2.92. The van der Waals surface area contributed by atoms with Gasteiger partial charge < -0.3 is 0 Å². The maximum atomic E-state index is 11.4. The van der Waals surface area contributed by atoms with Gasteiger partial charge in [0.2, 0.25) is 0 Å². The maximum absolute atomic E-state index is 11.4. The second-order valence-electron chi connectivity index (χ2n) is 4.33. The van der Waals surface area contributed by atoms with Gasteiger partial charge in [-0.15, -0.1) is 0 Å². The average molecular weight is 268 g/mol. The lowest BCUT2D eigenvalue weighted by Crippen LogP contribution is -2.82. The van der Waals surface area contributed by atoms with Crippen LogP contribution in [0.25, 0.3) is 10.8 Å². The molecule has 0 saturated carbocycles. The van der Waals surface area contributed by atoms with E-state index in [4.69, 9.17) is 4.84 Å². The number of fused-ring (bicyclic) bond motifs is 1. The Morgan fingerprint density at radius 2 is 1.95 bits per heavy atom. The molecule has 0 spiro atoms. The summed E-state index contributed by atoms with van der Waals surface area (Å²) in [5, 5.41) is 2.38. The van der Waals surface area contributed by atoms with Crippen molar-refractivity contribution < 1.29 is 15.1 Å². The summed E-state index contributed by atoms with van der Waals surface area (Å²) in [4.78, 5) is 16.5. The molecule has 0 amide bonds. The summed E-state index contributed by atoms with van der Waals surface area (Å²) in [6.07, 6.45) is 6.70. The molecule has 102 valence electrons. The molecule has 2 aromatic carbocycles. The molecule has 0 aliphatic carbocycles. The molecule has 2 aromatic rings. The molecule has 2 N–H and O–H groups in total. The van der Waals surface area contributed by atoms with Crippen LogP contribution in [0.4, 0.5) is 0 Å². The van der Waals surface area contributed by atoms with Gasteiger partial charge in [-0.1, -0.05) is 60.7 Å². The Morgan fingerprint density at radius 3 is 2.80 bits per heavy atom. The molecular weight excluding hydrogens is 250 g/mol. The molecule has 0 aliphatic rings. The SMILES string of the molecule is C/C=C/C=C/C(=O)O[NH2+]Cc1cccc2ccccc12. The third-order valence-electron chi connectivity index (χ3n) is 2.92. The van der Waals surface area contributed by atoms with Gasteiger partial charge >= 0.3 is 5.97 Å². The van der Waals surface area contributed by atoms with Crippen LogP contribution in [0.1, 0.15) is 12.5 Å². The molecular formula is C17H18NO2+. The zero-order chi connectivity index (χ0) is 14.2. The molecule has 3 nitrogen and oxygen atoms in total. The van der Waals surface area contributed by atoms with Crippen molar-refractivity contribution in [2.75, 3.05) is 0 Å². The van der Waals surface area contributed by atoms with E-state index in [1.807, 2.05) is 37.3 Å². The Labute approximate surface area is 118 Å². The predicted molar refractivity (Wildman–Crippen MR) is 79.6 cm³/mol. The first-order valence-corrected chi connectivity index (χ1v) is 6.59. The van der Waals surface area contributed by atoms with Crippen LogP contribution in [0.15, 0.2) is 66.8 Å². The quantitative estimate of drug-likeness (QED) is 0.514. The number of nitrogens with two attached hydrogens (primary N) is 1. The lowest BCUT2D eigenvalue weighted by atomic mass is 10.1. The molecule has 0 fully saturated rings. The summed E-state index contributed by atoms with van der Waals surface area (Å²) in [5.74, 6) is -0.358. The normalized spacial score (nSPS) is 11.4. The average Bonchev–Trinajstić information content (AvgIpc) is 2.48. The summed E-state index contributed by atoms with van der Waals surface area (Å²) in [6.45, 7) is 2.49. The first-order valence-electron chi connectivity index (χ1n) is 6.59. The van der Waals surface area contributed by atoms with Crippen LogP contribution in [-0.2, 0) is 16.2 Å². The fraction of sp³-hybridized carbons (Fsp3) is 0.118. The van der Waals surface area contributed by atoms with Crippen LogP contribution in [0.3, 0.4) is 0 Å². The van der Waals surface area contributed by atoms with Crippen LogP contribution in [0.2, 0.25) is 0 Å². The highest BCUT2D eigenvalue weighted by Crippen LogP contribution is 2.17. The highest BCUT2D eigenvalue weighted by molar-refractivity contribution is 5.85. The summed E-state index contributed by atoms with van der Waals surface area (Å²) in [6, 6.07) is 14.3. The van der Waals surface area contributed by atoms with Crippen molar-refractivity contribution in [2.45, 2.75) is 13.5 Å². The number of allylic oxidation sites excluding steroid dienone is 3. The van der Waals surface area contributed by atoms with Gasteiger partial charge in [-0.05, 0) is 17.7 Å². The van der Waals surface area contributed by atoms with Gasteiger partial charge in [0.15, 0.2) is 0 Å². The topological polar surface area (TPSA) is 42.9 Å². The van der Waals surface area contributed by atoms with Gasteiger partial charge in [-0.2, -0.15) is 5.48 Å². The van der Waals surface area contributed by atoms with Crippen molar-refractivity contribution >= 4 is 16.7 Å². The number of quaternary nitrogens is 1. The Balaban J connectivity index is 1.95. The van der Waals surface area contributed by atoms with E-state index >= 15 is 0 Å². The Hall–Kier alpha value is -2.39. The second kappa shape index (κ2) is 7.26. The minimum Gasteiger partial charge on any atom is -0.275 e. The van der Waals surface area contributed by atoms with E-state index in [0.717, 1.165) is 5.56 Å². The molecule has 0 unspecified atom stereocenters. The van der Waals surface area contributed by atoms with E-state index in [2.05, 4.69) is 18.2 Å². The molecule has 3 heteroatoms. The van der Waals surface area contributed by atoms with E-state index in [0.29, 0.717) is 6.54 Å². The van der Waals surface area contributed by atoms with Crippen LogP contribution in [0, 0.1) is 0 Å². The van der Waals surface area contributed by atoms with E-state index < -0.39 is 0 Å². The summed E-state index contributed by atoms with van der Waals surface area (Å²) < 4.78 is 0. The van der Waals surface area contributed by atoms with Gasteiger partial charge in [-0.25, -0.2) is 4.79 Å². The van der Waals surface area contributed by atoms with Gasteiger partial charge in [0.1, 0.15) is 6.54 Å². The number of carbonyl (C=O) groups is 1. The minimum absolute atomic E-state index is 0.358. The first kappa shape index (κ1) is 14.0. The highest BCUT2D eigenvalue weighted by Gasteiger charge is 2.04. The number of benzene rings is 2. The van der Waals surface area contributed by atoms with Gasteiger partial charge in [-0.3, -0.25) is 4.84 Å². The van der Waals surface area contributed by atoms with Crippen molar-refractivity contribution in [1.29, 1.82) is 0 Å². The molecule has 20 heavy (non-hydrogen) atoms. The van der Waals surface area contributed by atoms with Gasteiger partial charge in [0, 0.05) is 11.6 Å². The summed E-state index contributed by atoms with van der Waals surface area (Å²) in [5.41, 5.74) is 2.69. The lowest BCUT2D eigenvalue weighted by Gasteiger charge is -2.04. The zero-order valence-electron chi connectivity index (χ0n) is 11.5. The van der Waals surface area contributed by atoms with Gasteiger partial charge in [0.05, 0.1) is 0 Å². The van der Waals surface area contributed by atoms with Crippen LogP contribution in [0.5, 0.6) is 0 Å². The van der Waals surface area contributed by atoms with Crippen LogP contribution < -0.4 is 5.48 Å². The molecule has 0 aromatic heterocycles. The van der Waals surface area contributed by atoms with E-state index in [9.17, 15) is 4.79 Å². The molecule has 0 saturated heterocycles. The Kier molecular flexibility index (Phi) is 5.09. The lowest BCUT2D eigenvalue weighted by molar-refractivity contribution is -0.884. The van der Waals surface area contributed by atoms with Crippen molar-refractivity contribution in [3.05, 3.63) is 72.3 Å². The molecule has 0 radical (unpaired) electrons. The number of hydrogen-bond acceptors (Lipinski definition) is 2. The minimum atomic E-state index is -0.358. The fourth-order valence-electron chi connectivity index (χ4n) is 1.97. The van der Waals surface area contributed by atoms with Crippen molar-refractivity contribution in [3.63, 3.8) is 0 Å². The Morgan fingerprint density at radius 1 is 1.15 bits per heavy atom. The van der Waals surface area contributed by atoms with E-state index in [1.54, 1.807) is 17.6 Å². The standard InChI is InChI=1S/C17H17NO2/c1-2-3-4-12-17(19)20-18-13-15-10-7-9-14-8-5-6-11-16(14)15/h2-12,18H,13H2,1H3/p+1/b3-2+,12-4+. The number of hydroxylamine groups is 1. The summed E-state index contributed by atoms with van der Waals surface area (Å²) >= 11 is 0. The number of hydrogen-bond donors (Lipinski definition) is 1. The molecule has 0 bridgehead atoms. The number of carbonyl (C=O) groups excluding carboxylic acids is 1. The number of rotatable bonds is 5. The Bertz CT molecular complexity index is 639. The monoisotopic (exact) mass is 268 g/mol. The van der Waals surface area contributed by atoms with Gasteiger partial charge in [0.25, 0.3) is 0 Å². The third kappa shape index (κ3) is 3.80. The van der Waals surface area contributed by atoms with Crippen LogP contribution >= 0.6 is 0 Å². The molecule has 0 atom stereocenters. The van der Waals surface area contributed by atoms with E-state index in [-0.39, 0.29) is 5.97 Å². The van der Waals surface area contributed by atoms with E-state index in [1.165, 1.54) is 16.8 Å². The van der Waals surface area contributed by atoms with Crippen molar-refractivity contribution in [2.24, 2.45) is 0 Å². The highest BCUT2D eigenvalue weighted by atomic mass is 16.7. The van der Waals surface area contributed by atoms with Crippen molar-refractivity contribution in [3.8, 4) is 0 Å². The molecule has 0 aliphatic heterocycles. The molecule has 2 rings (SSSR count). The zero-order valence-corrected chi connectivity index (χ0v) is 11.5. The smallest absolute Gasteiger partial charge is 0.275 e.